The number of nitrogens with zero attached hydrogens (tertiary/aromatic N) is 2. The van der Waals surface area contributed by atoms with Gasteiger partial charge in [-0.3, -0.25) is 9.97 Å². The van der Waals surface area contributed by atoms with Gasteiger partial charge in [0.2, 0.25) is 0 Å². The Morgan fingerprint density at radius 1 is 0.905 bits per heavy atom. The molecule has 0 bridgehead atoms. The Morgan fingerprint density at radius 3 is 2.38 bits per heavy atom. The molecular formula is C19H16N2. The summed E-state index contributed by atoms with van der Waals surface area (Å²) in [4.78, 5) is 8.83. The van der Waals surface area contributed by atoms with Crippen LogP contribution in [0.1, 0.15) is 11.1 Å². The fourth-order valence-corrected chi connectivity index (χ4v) is 2.27. The molecule has 2 nitrogen and oxygen atoms in total. The lowest BCUT2D eigenvalue weighted by molar-refractivity contribution is 1.25. The average molecular weight is 272 g/mol. The Balaban J connectivity index is 1.96. The Kier molecular flexibility index (Phi) is 3.61. The Labute approximate surface area is 124 Å². The largest absolute Gasteiger partial charge is 0.255 e. The first-order chi connectivity index (χ1) is 10.3. The van der Waals surface area contributed by atoms with Gasteiger partial charge in [-0.15, -0.1) is 0 Å². The molecule has 0 radical (unpaired) electrons. The average Bonchev–Trinajstić information content (AvgIpc) is 2.56. The van der Waals surface area contributed by atoms with Crippen molar-refractivity contribution in [1.82, 2.24) is 9.97 Å². The fourth-order valence-electron chi connectivity index (χ4n) is 2.27. The first-order valence-corrected chi connectivity index (χ1v) is 6.89. The number of aromatic nitrogens is 2. The van der Waals surface area contributed by atoms with Gasteiger partial charge in [0.1, 0.15) is 0 Å². The molecule has 1 aromatic carbocycles. The van der Waals surface area contributed by atoms with Crippen LogP contribution in [-0.4, -0.2) is 9.97 Å². The van der Waals surface area contributed by atoms with Crippen molar-refractivity contribution in [2.45, 2.75) is 6.92 Å². The van der Waals surface area contributed by atoms with Crippen molar-refractivity contribution >= 4 is 6.08 Å². The molecule has 0 aliphatic heterocycles. The molecule has 2 heterocycles. The van der Waals surface area contributed by atoms with Crippen molar-refractivity contribution in [3.05, 3.63) is 78.6 Å². The molecule has 0 saturated heterocycles. The van der Waals surface area contributed by atoms with Gasteiger partial charge in [-0.2, -0.15) is 0 Å². The third kappa shape index (κ3) is 2.75. The van der Waals surface area contributed by atoms with Crippen molar-refractivity contribution in [2.75, 3.05) is 0 Å². The molecule has 0 N–H and O–H groups in total. The van der Waals surface area contributed by atoms with Gasteiger partial charge >= 0.3 is 0 Å². The lowest BCUT2D eigenvalue weighted by atomic mass is 10.0. The molecule has 0 amide bonds. The van der Waals surface area contributed by atoms with E-state index in [2.05, 4.69) is 47.7 Å². The highest BCUT2D eigenvalue weighted by Crippen LogP contribution is 2.24. The van der Waals surface area contributed by atoms with Gasteiger partial charge in [-0.1, -0.05) is 36.9 Å². The van der Waals surface area contributed by atoms with Crippen LogP contribution in [0.2, 0.25) is 0 Å². The van der Waals surface area contributed by atoms with Crippen molar-refractivity contribution in [2.24, 2.45) is 0 Å². The minimum Gasteiger partial charge on any atom is -0.255 e. The van der Waals surface area contributed by atoms with E-state index in [1.165, 1.54) is 5.56 Å². The number of hydrogen-bond acceptors (Lipinski definition) is 2. The van der Waals surface area contributed by atoms with Gasteiger partial charge in [0, 0.05) is 18.0 Å². The highest BCUT2D eigenvalue weighted by molar-refractivity contribution is 5.69. The molecule has 2 aromatic heterocycles. The van der Waals surface area contributed by atoms with Gasteiger partial charge in [0.05, 0.1) is 11.4 Å². The summed E-state index contributed by atoms with van der Waals surface area (Å²) >= 11 is 0. The zero-order valence-electron chi connectivity index (χ0n) is 12.0. The summed E-state index contributed by atoms with van der Waals surface area (Å²) in [5, 5.41) is 0. The number of pyridine rings is 2. The van der Waals surface area contributed by atoms with E-state index >= 15 is 0 Å². The summed E-state index contributed by atoms with van der Waals surface area (Å²) in [5.41, 5.74) is 6.40. The molecule has 0 aliphatic carbocycles. The number of rotatable bonds is 3. The topological polar surface area (TPSA) is 25.8 Å². The van der Waals surface area contributed by atoms with Crippen molar-refractivity contribution in [3.8, 4) is 22.5 Å². The first kappa shape index (κ1) is 13.3. The molecule has 2 heteroatoms. The zero-order chi connectivity index (χ0) is 14.7. The van der Waals surface area contributed by atoms with E-state index in [9.17, 15) is 0 Å². The zero-order valence-corrected chi connectivity index (χ0v) is 12.0. The van der Waals surface area contributed by atoms with E-state index < -0.39 is 0 Å². The van der Waals surface area contributed by atoms with Gasteiger partial charge in [0.25, 0.3) is 0 Å². The Hall–Kier alpha value is -2.74. The summed E-state index contributed by atoms with van der Waals surface area (Å²) in [6.45, 7) is 5.94. The monoisotopic (exact) mass is 272 g/mol. The Bertz CT molecular complexity index is 759. The maximum atomic E-state index is 4.51. The second kappa shape index (κ2) is 5.71. The summed E-state index contributed by atoms with van der Waals surface area (Å²) in [5.74, 6) is 0. The van der Waals surface area contributed by atoms with E-state index in [1.807, 2.05) is 36.5 Å². The molecule has 21 heavy (non-hydrogen) atoms. The summed E-state index contributed by atoms with van der Waals surface area (Å²) in [7, 11) is 0. The van der Waals surface area contributed by atoms with Crippen LogP contribution in [0, 0.1) is 6.92 Å². The Morgan fingerprint density at radius 2 is 1.71 bits per heavy atom. The lowest BCUT2D eigenvalue weighted by Crippen LogP contribution is -1.88. The van der Waals surface area contributed by atoms with Crippen molar-refractivity contribution in [1.29, 1.82) is 0 Å². The van der Waals surface area contributed by atoms with E-state index in [1.54, 1.807) is 6.20 Å². The quantitative estimate of drug-likeness (QED) is 0.687. The number of benzene rings is 1. The fraction of sp³-hybridized carbons (Fsp3) is 0.0526. The SMILES string of the molecule is C=Cc1cc(-c2ccc(-c3ccccn3)nc2)ccc1C. The van der Waals surface area contributed by atoms with Crippen LogP contribution in [0.25, 0.3) is 28.6 Å². The predicted octanol–water partition coefficient (Wildman–Crippen LogP) is 4.76. The van der Waals surface area contributed by atoms with Crippen LogP contribution < -0.4 is 0 Å². The minimum absolute atomic E-state index is 0.885. The summed E-state index contributed by atoms with van der Waals surface area (Å²) in [6.07, 6.45) is 5.55. The molecule has 0 fully saturated rings. The van der Waals surface area contributed by atoms with Gasteiger partial charge in [-0.05, 0) is 47.9 Å². The van der Waals surface area contributed by atoms with Crippen molar-refractivity contribution in [3.63, 3.8) is 0 Å². The van der Waals surface area contributed by atoms with E-state index in [4.69, 9.17) is 0 Å². The number of aryl methyl sites for hydroxylation is 1. The molecule has 102 valence electrons. The summed E-state index contributed by atoms with van der Waals surface area (Å²) < 4.78 is 0. The second-order valence-corrected chi connectivity index (χ2v) is 4.92. The molecule has 0 atom stereocenters. The molecule has 3 rings (SSSR count). The number of hydrogen-bond donors (Lipinski definition) is 0. The molecular weight excluding hydrogens is 256 g/mol. The lowest BCUT2D eigenvalue weighted by Gasteiger charge is -2.06. The molecule has 0 unspecified atom stereocenters. The van der Waals surface area contributed by atoms with Crippen LogP contribution in [0.15, 0.2) is 67.5 Å². The van der Waals surface area contributed by atoms with Gasteiger partial charge in [-0.25, -0.2) is 0 Å². The molecule has 0 aliphatic rings. The normalized spacial score (nSPS) is 10.3. The second-order valence-electron chi connectivity index (χ2n) is 4.92. The van der Waals surface area contributed by atoms with Gasteiger partial charge < -0.3 is 0 Å². The highest BCUT2D eigenvalue weighted by atomic mass is 14.8. The van der Waals surface area contributed by atoms with E-state index in [0.29, 0.717) is 0 Å². The standard InChI is InChI=1S/C19H16N2/c1-3-15-12-16(8-7-14(15)2)17-9-10-19(21-13-17)18-6-4-5-11-20-18/h3-13H,1H2,2H3. The third-order valence-electron chi connectivity index (χ3n) is 3.52. The molecule has 0 saturated carbocycles. The van der Waals surface area contributed by atoms with Crippen LogP contribution in [0.5, 0.6) is 0 Å². The highest BCUT2D eigenvalue weighted by Gasteiger charge is 2.03. The predicted molar refractivity (Wildman–Crippen MR) is 87.7 cm³/mol. The van der Waals surface area contributed by atoms with Crippen LogP contribution in [0.4, 0.5) is 0 Å². The minimum atomic E-state index is 0.885. The van der Waals surface area contributed by atoms with Crippen LogP contribution in [-0.2, 0) is 0 Å². The van der Waals surface area contributed by atoms with Crippen molar-refractivity contribution < 1.29 is 0 Å². The maximum Gasteiger partial charge on any atom is 0.0886 e. The molecule has 0 spiro atoms. The maximum absolute atomic E-state index is 4.51. The van der Waals surface area contributed by atoms with Crippen LogP contribution in [0.3, 0.4) is 0 Å². The van der Waals surface area contributed by atoms with E-state index in [0.717, 1.165) is 28.1 Å². The van der Waals surface area contributed by atoms with E-state index in [-0.39, 0.29) is 0 Å². The smallest absolute Gasteiger partial charge is 0.0886 e. The molecule has 3 aromatic rings. The van der Waals surface area contributed by atoms with Gasteiger partial charge in [0.15, 0.2) is 0 Å². The van der Waals surface area contributed by atoms with Crippen LogP contribution >= 0.6 is 0 Å². The first-order valence-electron chi connectivity index (χ1n) is 6.89. The third-order valence-corrected chi connectivity index (χ3v) is 3.52. The summed E-state index contributed by atoms with van der Waals surface area (Å²) in [6, 6.07) is 16.3.